The molecule has 3 rings (SSSR count). The van der Waals surface area contributed by atoms with E-state index in [0.717, 1.165) is 25.2 Å². The van der Waals surface area contributed by atoms with Crippen molar-refractivity contribution < 1.29 is 18.0 Å². The molecule has 0 atom stereocenters. The van der Waals surface area contributed by atoms with Crippen molar-refractivity contribution in [3.8, 4) is 0 Å². The molecule has 2 aliphatic rings. The van der Waals surface area contributed by atoms with Crippen LogP contribution in [-0.2, 0) is 6.18 Å². The molecule has 1 aromatic rings. The quantitative estimate of drug-likeness (QED) is 0.838. The molecule has 1 aromatic carbocycles. The van der Waals surface area contributed by atoms with Gasteiger partial charge in [-0.1, -0.05) is 12.5 Å². The highest BCUT2D eigenvalue weighted by Gasteiger charge is 2.36. The number of hydrogen-bond acceptors (Lipinski definition) is 2. The number of rotatable bonds is 2. The van der Waals surface area contributed by atoms with Gasteiger partial charge in [-0.15, -0.1) is 0 Å². The van der Waals surface area contributed by atoms with Gasteiger partial charge in [-0.2, -0.15) is 13.2 Å². The van der Waals surface area contributed by atoms with Crippen molar-refractivity contribution in [3.63, 3.8) is 0 Å². The molecule has 2 aliphatic heterocycles. The van der Waals surface area contributed by atoms with Crippen molar-refractivity contribution in [1.29, 1.82) is 0 Å². The van der Waals surface area contributed by atoms with Crippen molar-refractivity contribution in [2.45, 2.75) is 31.5 Å². The second-order valence-corrected chi connectivity index (χ2v) is 6.04. The molecule has 0 bridgehead atoms. The lowest BCUT2D eigenvalue weighted by Gasteiger charge is -2.46. The smallest absolute Gasteiger partial charge is 0.335 e. The first-order chi connectivity index (χ1) is 10.4. The third-order valence-corrected chi connectivity index (χ3v) is 4.49. The first-order valence-corrected chi connectivity index (χ1v) is 7.66. The number of halogens is 3. The van der Waals surface area contributed by atoms with E-state index in [1.807, 2.05) is 0 Å². The van der Waals surface area contributed by atoms with Gasteiger partial charge in [-0.3, -0.25) is 9.69 Å². The molecule has 2 saturated heterocycles. The Hall–Kier alpha value is -1.56. The van der Waals surface area contributed by atoms with Crippen LogP contribution in [0, 0.1) is 0 Å². The third kappa shape index (κ3) is 3.11. The monoisotopic (exact) mass is 312 g/mol. The van der Waals surface area contributed by atoms with Crippen molar-refractivity contribution in [2.75, 3.05) is 26.2 Å². The lowest BCUT2D eigenvalue weighted by atomic mass is 10.0. The molecule has 120 valence electrons. The molecule has 1 amide bonds. The maximum atomic E-state index is 12.7. The van der Waals surface area contributed by atoms with Crippen LogP contribution in [0.3, 0.4) is 0 Å². The van der Waals surface area contributed by atoms with E-state index in [1.165, 1.54) is 31.4 Å². The molecule has 0 spiro atoms. The van der Waals surface area contributed by atoms with Gasteiger partial charge in [0, 0.05) is 24.7 Å². The van der Waals surface area contributed by atoms with Gasteiger partial charge in [0.15, 0.2) is 0 Å². The molecule has 0 radical (unpaired) electrons. The predicted octanol–water partition coefficient (Wildman–Crippen LogP) is 3.02. The Labute approximate surface area is 127 Å². The second-order valence-electron chi connectivity index (χ2n) is 6.04. The summed E-state index contributed by atoms with van der Waals surface area (Å²) in [5.41, 5.74) is -0.654. The number of carbonyl (C=O) groups is 1. The molecular weight excluding hydrogens is 293 g/mol. The highest BCUT2D eigenvalue weighted by Crippen LogP contribution is 2.30. The molecule has 2 heterocycles. The van der Waals surface area contributed by atoms with Gasteiger partial charge >= 0.3 is 6.18 Å². The van der Waals surface area contributed by atoms with Crippen LogP contribution < -0.4 is 0 Å². The molecule has 6 heteroatoms. The summed E-state index contributed by atoms with van der Waals surface area (Å²) < 4.78 is 38.1. The molecule has 0 saturated carbocycles. The minimum absolute atomic E-state index is 0.118. The summed E-state index contributed by atoms with van der Waals surface area (Å²) in [5, 5.41) is 0. The number of hydrogen-bond donors (Lipinski definition) is 0. The Bertz CT molecular complexity index is 547. The van der Waals surface area contributed by atoms with Crippen LogP contribution in [0.1, 0.15) is 35.2 Å². The van der Waals surface area contributed by atoms with E-state index >= 15 is 0 Å². The van der Waals surface area contributed by atoms with Gasteiger partial charge in [0.1, 0.15) is 0 Å². The van der Waals surface area contributed by atoms with E-state index in [2.05, 4.69) is 4.90 Å². The zero-order valence-electron chi connectivity index (χ0n) is 12.3. The Morgan fingerprint density at radius 2 is 1.77 bits per heavy atom. The predicted molar refractivity (Wildman–Crippen MR) is 76.6 cm³/mol. The number of carbonyl (C=O) groups excluding carboxylic acids is 1. The SMILES string of the molecule is O=C(c1cccc(C(F)(F)F)c1)N1CC(N2CCCCC2)C1. The molecule has 2 fully saturated rings. The topological polar surface area (TPSA) is 23.6 Å². The summed E-state index contributed by atoms with van der Waals surface area (Å²) in [4.78, 5) is 16.3. The fourth-order valence-electron chi connectivity index (χ4n) is 3.15. The van der Waals surface area contributed by atoms with Gasteiger partial charge in [-0.05, 0) is 44.1 Å². The number of piperidine rings is 1. The van der Waals surface area contributed by atoms with E-state index in [0.29, 0.717) is 19.1 Å². The average Bonchev–Trinajstić information content (AvgIpc) is 2.46. The zero-order chi connectivity index (χ0) is 15.7. The summed E-state index contributed by atoms with van der Waals surface area (Å²) in [7, 11) is 0. The fraction of sp³-hybridized carbons (Fsp3) is 0.562. The summed E-state index contributed by atoms with van der Waals surface area (Å²) in [6.07, 6.45) is -0.770. The third-order valence-electron chi connectivity index (χ3n) is 4.49. The highest BCUT2D eigenvalue weighted by molar-refractivity contribution is 5.95. The number of nitrogens with zero attached hydrogens (tertiary/aromatic N) is 2. The summed E-state index contributed by atoms with van der Waals surface area (Å²) >= 11 is 0. The van der Waals surface area contributed by atoms with E-state index in [1.54, 1.807) is 4.90 Å². The van der Waals surface area contributed by atoms with Crippen LogP contribution >= 0.6 is 0 Å². The van der Waals surface area contributed by atoms with Gasteiger partial charge in [-0.25, -0.2) is 0 Å². The number of alkyl halides is 3. The standard InChI is InChI=1S/C16H19F3N2O/c17-16(18,19)13-6-4-5-12(9-13)15(22)21-10-14(11-21)20-7-2-1-3-8-20/h4-6,9,14H,1-3,7-8,10-11H2. The van der Waals surface area contributed by atoms with Crippen LogP contribution in [0.2, 0.25) is 0 Å². The van der Waals surface area contributed by atoms with E-state index in [-0.39, 0.29) is 11.5 Å². The lowest BCUT2D eigenvalue weighted by Crippen LogP contribution is -2.61. The average molecular weight is 312 g/mol. The maximum Gasteiger partial charge on any atom is 0.416 e. The first kappa shape index (κ1) is 15.3. The molecule has 0 N–H and O–H groups in total. The summed E-state index contributed by atoms with van der Waals surface area (Å²) in [6.45, 7) is 3.37. The largest absolute Gasteiger partial charge is 0.416 e. The number of amides is 1. The van der Waals surface area contributed by atoms with Crippen LogP contribution in [-0.4, -0.2) is 47.9 Å². The van der Waals surface area contributed by atoms with Gasteiger partial charge in [0.2, 0.25) is 0 Å². The lowest BCUT2D eigenvalue weighted by molar-refractivity contribution is -0.137. The minimum Gasteiger partial charge on any atom is -0.335 e. The molecular formula is C16H19F3N2O. The van der Waals surface area contributed by atoms with Gasteiger partial charge in [0.25, 0.3) is 5.91 Å². The Morgan fingerprint density at radius 1 is 1.09 bits per heavy atom. The van der Waals surface area contributed by atoms with Crippen LogP contribution in [0.25, 0.3) is 0 Å². The van der Waals surface area contributed by atoms with Crippen molar-refractivity contribution in [1.82, 2.24) is 9.80 Å². The molecule has 22 heavy (non-hydrogen) atoms. The van der Waals surface area contributed by atoms with Gasteiger partial charge in [0.05, 0.1) is 5.56 Å². The number of likely N-dealkylation sites (tertiary alicyclic amines) is 2. The Morgan fingerprint density at radius 3 is 2.41 bits per heavy atom. The Kier molecular flexibility index (Phi) is 4.12. The molecule has 3 nitrogen and oxygen atoms in total. The van der Waals surface area contributed by atoms with Crippen molar-refractivity contribution >= 4 is 5.91 Å². The molecule has 0 aromatic heterocycles. The molecule has 0 aliphatic carbocycles. The highest BCUT2D eigenvalue weighted by atomic mass is 19.4. The second kappa shape index (κ2) is 5.91. The summed E-state index contributed by atoms with van der Waals surface area (Å²) in [6, 6.07) is 5.04. The van der Waals surface area contributed by atoms with E-state index in [4.69, 9.17) is 0 Å². The Balaban J connectivity index is 1.61. The summed E-state index contributed by atoms with van der Waals surface area (Å²) in [5.74, 6) is -0.306. The zero-order valence-corrected chi connectivity index (χ0v) is 12.3. The normalized spacial score (nSPS) is 20.8. The fourth-order valence-corrected chi connectivity index (χ4v) is 3.15. The van der Waals surface area contributed by atoms with E-state index < -0.39 is 11.7 Å². The van der Waals surface area contributed by atoms with E-state index in [9.17, 15) is 18.0 Å². The molecule has 0 unspecified atom stereocenters. The van der Waals surface area contributed by atoms with Crippen LogP contribution in [0.4, 0.5) is 13.2 Å². The maximum absolute atomic E-state index is 12.7. The first-order valence-electron chi connectivity index (χ1n) is 7.66. The van der Waals surface area contributed by atoms with Crippen molar-refractivity contribution in [3.05, 3.63) is 35.4 Å². The van der Waals surface area contributed by atoms with Crippen LogP contribution in [0.15, 0.2) is 24.3 Å². The number of benzene rings is 1. The van der Waals surface area contributed by atoms with Gasteiger partial charge < -0.3 is 4.90 Å². The van der Waals surface area contributed by atoms with Crippen LogP contribution in [0.5, 0.6) is 0 Å². The minimum atomic E-state index is -4.42. The van der Waals surface area contributed by atoms with Crippen molar-refractivity contribution in [2.24, 2.45) is 0 Å².